The smallest absolute Gasteiger partial charge is 0.229 e. The Hall–Kier alpha value is -3.06. The third-order valence-electron chi connectivity index (χ3n) is 5.57. The standard InChI is InChI=1S/C20H19N5O2/c1-10-2-3-22-6-12(10)16-4-11-5-17(23-7-13(11)19(21)24-16)25-20(26)18-14-8-27-9-15(14)18/h2-7,14-15,18H,8-9H2,1H3,(H2,21,24)(H,23,25,26). The Balaban J connectivity index is 1.47. The first-order valence-electron chi connectivity index (χ1n) is 8.97. The maximum Gasteiger partial charge on any atom is 0.229 e. The second-order valence-corrected chi connectivity index (χ2v) is 7.25. The minimum Gasteiger partial charge on any atom is -0.383 e. The fraction of sp³-hybridized carbons (Fsp3) is 0.300. The van der Waals surface area contributed by atoms with Gasteiger partial charge in [0, 0.05) is 35.5 Å². The van der Waals surface area contributed by atoms with Gasteiger partial charge < -0.3 is 15.8 Å². The molecule has 1 saturated carbocycles. The fourth-order valence-corrected chi connectivity index (χ4v) is 3.95. The molecule has 3 aromatic heterocycles. The van der Waals surface area contributed by atoms with Gasteiger partial charge in [-0.05, 0) is 47.9 Å². The highest BCUT2D eigenvalue weighted by molar-refractivity contribution is 5.98. The molecule has 5 rings (SSSR count). The van der Waals surface area contributed by atoms with Gasteiger partial charge in [-0.25, -0.2) is 9.97 Å². The number of pyridine rings is 3. The SMILES string of the molecule is Cc1ccncc1-c1cc2cc(NC(=O)C3C4COCC43)ncc2c(N)n1. The first-order chi connectivity index (χ1) is 13.1. The van der Waals surface area contributed by atoms with E-state index in [1.54, 1.807) is 18.6 Å². The number of nitrogens with two attached hydrogens (primary N) is 1. The molecule has 0 bridgehead atoms. The first kappa shape index (κ1) is 16.1. The van der Waals surface area contributed by atoms with E-state index in [9.17, 15) is 4.79 Å². The highest BCUT2D eigenvalue weighted by Crippen LogP contribution is 2.51. The largest absolute Gasteiger partial charge is 0.383 e. The molecular formula is C20H19N5O2. The zero-order chi connectivity index (χ0) is 18.5. The highest BCUT2D eigenvalue weighted by Gasteiger charge is 2.58. The quantitative estimate of drug-likeness (QED) is 0.743. The van der Waals surface area contributed by atoms with Gasteiger partial charge in [0.15, 0.2) is 0 Å². The molecule has 2 fully saturated rings. The number of ether oxygens (including phenoxy) is 1. The molecule has 27 heavy (non-hydrogen) atoms. The van der Waals surface area contributed by atoms with Crippen LogP contribution in [-0.2, 0) is 9.53 Å². The van der Waals surface area contributed by atoms with Gasteiger partial charge in [-0.2, -0.15) is 0 Å². The topological polar surface area (TPSA) is 103 Å². The van der Waals surface area contributed by atoms with Crippen molar-refractivity contribution in [2.24, 2.45) is 17.8 Å². The maximum absolute atomic E-state index is 12.5. The maximum atomic E-state index is 12.5. The van der Waals surface area contributed by atoms with Gasteiger partial charge in [-0.1, -0.05) is 0 Å². The molecule has 2 aliphatic rings. The Kier molecular flexibility index (Phi) is 3.58. The van der Waals surface area contributed by atoms with E-state index in [-0.39, 0.29) is 11.8 Å². The third kappa shape index (κ3) is 2.71. The fourth-order valence-electron chi connectivity index (χ4n) is 3.95. The average Bonchev–Trinajstić information content (AvgIpc) is 3.14. The molecule has 1 aliphatic heterocycles. The second-order valence-electron chi connectivity index (χ2n) is 7.25. The van der Waals surface area contributed by atoms with Crippen molar-refractivity contribution in [3.63, 3.8) is 0 Å². The number of hydrogen-bond donors (Lipinski definition) is 2. The molecule has 0 spiro atoms. The molecule has 1 aliphatic carbocycles. The lowest BCUT2D eigenvalue weighted by Gasteiger charge is -2.10. The van der Waals surface area contributed by atoms with Crippen LogP contribution in [0.2, 0.25) is 0 Å². The first-order valence-corrected chi connectivity index (χ1v) is 8.97. The van der Waals surface area contributed by atoms with Crippen LogP contribution in [-0.4, -0.2) is 34.1 Å². The number of nitrogen functional groups attached to an aromatic ring is 1. The summed E-state index contributed by atoms with van der Waals surface area (Å²) in [6.07, 6.45) is 5.18. The van der Waals surface area contributed by atoms with Gasteiger partial charge in [0.2, 0.25) is 5.91 Å². The summed E-state index contributed by atoms with van der Waals surface area (Å²) in [6, 6.07) is 5.73. The van der Waals surface area contributed by atoms with Crippen LogP contribution in [0.25, 0.3) is 22.0 Å². The minimum atomic E-state index is 0.0190. The van der Waals surface area contributed by atoms with E-state index in [4.69, 9.17) is 10.5 Å². The monoisotopic (exact) mass is 361 g/mol. The summed E-state index contributed by atoms with van der Waals surface area (Å²) in [4.78, 5) is 25.5. The molecule has 3 N–H and O–H groups in total. The summed E-state index contributed by atoms with van der Waals surface area (Å²) in [5.74, 6) is 1.73. The Morgan fingerprint density at radius 1 is 1.26 bits per heavy atom. The molecule has 7 nitrogen and oxygen atoms in total. The molecule has 1 amide bonds. The number of nitrogens with one attached hydrogen (secondary N) is 1. The van der Waals surface area contributed by atoms with Crippen molar-refractivity contribution in [3.05, 3.63) is 42.4 Å². The van der Waals surface area contributed by atoms with E-state index < -0.39 is 0 Å². The van der Waals surface area contributed by atoms with E-state index in [0.29, 0.717) is 36.7 Å². The predicted octanol–water partition coefficient (Wildman–Crippen LogP) is 2.41. The molecule has 4 heterocycles. The molecule has 2 unspecified atom stereocenters. The lowest BCUT2D eigenvalue weighted by Crippen LogP contribution is -2.19. The van der Waals surface area contributed by atoms with Gasteiger partial charge in [0.1, 0.15) is 11.6 Å². The Labute approximate surface area is 156 Å². The van der Waals surface area contributed by atoms with Crippen LogP contribution < -0.4 is 11.1 Å². The van der Waals surface area contributed by atoms with E-state index >= 15 is 0 Å². The summed E-state index contributed by atoms with van der Waals surface area (Å²) in [5, 5.41) is 4.57. The van der Waals surface area contributed by atoms with Crippen molar-refractivity contribution in [1.82, 2.24) is 15.0 Å². The third-order valence-corrected chi connectivity index (χ3v) is 5.57. The summed E-state index contributed by atoms with van der Waals surface area (Å²) in [6.45, 7) is 3.38. The summed E-state index contributed by atoms with van der Waals surface area (Å²) in [5.41, 5.74) is 8.90. The van der Waals surface area contributed by atoms with Gasteiger partial charge >= 0.3 is 0 Å². The second kappa shape index (κ2) is 5.99. The van der Waals surface area contributed by atoms with Crippen LogP contribution in [0.15, 0.2) is 36.8 Å². The van der Waals surface area contributed by atoms with Gasteiger partial charge in [0.05, 0.1) is 18.9 Å². The van der Waals surface area contributed by atoms with Crippen molar-refractivity contribution in [3.8, 4) is 11.3 Å². The number of aryl methyl sites for hydroxylation is 1. The van der Waals surface area contributed by atoms with Crippen molar-refractivity contribution in [1.29, 1.82) is 0 Å². The van der Waals surface area contributed by atoms with Gasteiger partial charge in [-0.3, -0.25) is 9.78 Å². The molecule has 7 heteroatoms. The molecule has 0 aromatic carbocycles. The number of rotatable bonds is 3. The summed E-state index contributed by atoms with van der Waals surface area (Å²) < 4.78 is 5.35. The van der Waals surface area contributed by atoms with E-state index in [1.807, 2.05) is 25.1 Å². The molecule has 2 atom stereocenters. The minimum absolute atomic E-state index is 0.0190. The van der Waals surface area contributed by atoms with Crippen LogP contribution in [0.1, 0.15) is 5.56 Å². The number of carbonyl (C=O) groups is 1. The molecule has 3 aromatic rings. The zero-order valence-electron chi connectivity index (χ0n) is 14.8. The van der Waals surface area contributed by atoms with Crippen molar-refractivity contribution < 1.29 is 9.53 Å². The van der Waals surface area contributed by atoms with E-state index in [1.165, 1.54) is 0 Å². The number of hydrogen-bond acceptors (Lipinski definition) is 6. The molecule has 0 radical (unpaired) electrons. The number of fused-ring (bicyclic) bond motifs is 2. The molecule has 1 saturated heterocycles. The zero-order valence-corrected chi connectivity index (χ0v) is 14.8. The van der Waals surface area contributed by atoms with Crippen LogP contribution in [0.5, 0.6) is 0 Å². The van der Waals surface area contributed by atoms with E-state index in [0.717, 1.165) is 27.6 Å². The average molecular weight is 361 g/mol. The number of anilines is 2. The van der Waals surface area contributed by atoms with Crippen LogP contribution >= 0.6 is 0 Å². The number of carbonyl (C=O) groups excluding carboxylic acids is 1. The number of amides is 1. The van der Waals surface area contributed by atoms with E-state index in [2.05, 4.69) is 20.3 Å². The lowest BCUT2D eigenvalue weighted by molar-refractivity contribution is -0.118. The summed E-state index contributed by atoms with van der Waals surface area (Å²) in [7, 11) is 0. The number of aromatic nitrogens is 3. The van der Waals surface area contributed by atoms with Crippen LogP contribution in [0.3, 0.4) is 0 Å². The van der Waals surface area contributed by atoms with Crippen LogP contribution in [0.4, 0.5) is 11.6 Å². The van der Waals surface area contributed by atoms with Crippen molar-refractivity contribution in [2.75, 3.05) is 24.3 Å². The summed E-state index contributed by atoms with van der Waals surface area (Å²) >= 11 is 0. The normalized spacial score (nSPS) is 23.2. The van der Waals surface area contributed by atoms with Gasteiger partial charge in [0.25, 0.3) is 0 Å². The predicted molar refractivity (Wildman–Crippen MR) is 102 cm³/mol. The Morgan fingerprint density at radius 2 is 2.07 bits per heavy atom. The van der Waals surface area contributed by atoms with Gasteiger partial charge in [-0.15, -0.1) is 0 Å². The Bertz CT molecular complexity index is 1060. The molecule has 136 valence electrons. The Morgan fingerprint density at radius 3 is 2.85 bits per heavy atom. The van der Waals surface area contributed by atoms with Crippen LogP contribution in [0, 0.1) is 24.7 Å². The van der Waals surface area contributed by atoms with Crippen molar-refractivity contribution in [2.45, 2.75) is 6.92 Å². The number of nitrogens with zero attached hydrogens (tertiary/aromatic N) is 3. The highest BCUT2D eigenvalue weighted by atomic mass is 16.5. The molecular weight excluding hydrogens is 342 g/mol. The van der Waals surface area contributed by atoms with Crippen molar-refractivity contribution >= 4 is 28.3 Å². The lowest BCUT2D eigenvalue weighted by atomic mass is 10.1.